The molecule has 228 valence electrons. The molecule has 0 aliphatic carbocycles. The van der Waals surface area contributed by atoms with Crippen LogP contribution >= 0.6 is 0 Å². The molecule has 3 N–H and O–H groups in total. The summed E-state index contributed by atoms with van der Waals surface area (Å²) in [6.45, 7) is 17.2. The summed E-state index contributed by atoms with van der Waals surface area (Å²) in [4.78, 5) is 24.0. The molecule has 2 aromatic rings. The third-order valence-corrected chi connectivity index (χ3v) is 5.64. The molecule has 42 heavy (non-hydrogen) atoms. The van der Waals surface area contributed by atoms with E-state index in [9.17, 15) is 24.2 Å². The average molecular weight is 658 g/mol. The molecule has 0 spiro atoms. The van der Waals surface area contributed by atoms with Gasteiger partial charge < -0.3 is 25.4 Å². The second kappa shape index (κ2) is 23.7. The first-order chi connectivity index (χ1) is 19.5. The van der Waals surface area contributed by atoms with E-state index in [1.165, 1.54) is 19.1 Å². The molecule has 1 amide bonds. The number of carboxylic acids is 1. The van der Waals surface area contributed by atoms with Crippen LogP contribution in [0.2, 0.25) is 0 Å². The average Bonchev–Trinajstić information content (AvgIpc) is 3.33. The number of amides is 1. The number of aliphatic hydroxyl groups is 2. The Hall–Kier alpha value is -1.75. The number of aliphatic carboxylic acids is 1. The molecule has 2 rings (SSSR count). The Morgan fingerprint density at radius 2 is 1.71 bits per heavy atom. The second-order valence-corrected chi connectivity index (χ2v) is 9.10. The van der Waals surface area contributed by atoms with E-state index in [0.717, 1.165) is 5.56 Å². The van der Waals surface area contributed by atoms with Crippen molar-refractivity contribution in [1.82, 2.24) is 9.78 Å². The Morgan fingerprint density at radius 1 is 1.12 bits per heavy atom. The van der Waals surface area contributed by atoms with E-state index in [2.05, 4.69) is 17.0 Å². The molecule has 0 fully saturated rings. The topological polar surface area (TPSA) is 127 Å². The van der Waals surface area contributed by atoms with Gasteiger partial charge in [-0.3, -0.25) is 9.48 Å². The van der Waals surface area contributed by atoms with Gasteiger partial charge in [-0.1, -0.05) is 95.7 Å². The molecule has 0 saturated heterocycles. The monoisotopic (exact) mass is 657 g/mol. The Kier molecular flexibility index (Phi) is 23.9. The number of hydrogen-bond donors (Lipinski definition) is 3. The maximum Gasteiger partial charge on any atom is 1.00 e. The van der Waals surface area contributed by atoms with Crippen LogP contribution in [0, 0.1) is 0 Å². The zero-order valence-electron chi connectivity index (χ0n) is 26.4. The summed E-state index contributed by atoms with van der Waals surface area (Å²) < 4.78 is 15.1. The minimum atomic E-state index is -1.22. The third kappa shape index (κ3) is 15.1. The van der Waals surface area contributed by atoms with Gasteiger partial charge in [-0.25, -0.2) is 4.39 Å². The number of carbonyl (C=O) groups excluding carboxylic acids is 1. The quantitative estimate of drug-likeness (QED) is 0.259. The van der Waals surface area contributed by atoms with Gasteiger partial charge in [-0.15, -0.1) is 13.1 Å². The zero-order valence-corrected chi connectivity index (χ0v) is 31.3. The smallest absolute Gasteiger partial charge is 0.644 e. The molecule has 0 bridgehead atoms. The Labute approximate surface area is 299 Å². The molecule has 1 aromatic carbocycles. The van der Waals surface area contributed by atoms with Gasteiger partial charge in [0.1, 0.15) is 11.6 Å². The molecular formula is C32H47FN3O5Rb. The summed E-state index contributed by atoms with van der Waals surface area (Å²) in [5, 5.41) is 37.8. The molecule has 8 nitrogen and oxygen atoms in total. The van der Waals surface area contributed by atoms with E-state index >= 15 is 0 Å². The van der Waals surface area contributed by atoms with Gasteiger partial charge >= 0.3 is 64.2 Å². The van der Waals surface area contributed by atoms with Gasteiger partial charge in [-0.2, -0.15) is 5.10 Å². The molecular weight excluding hydrogens is 611 g/mol. The van der Waals surface area contributed by atoms with Gasteiger partial charge in [-0.05, 0) is 25.3 Å². The normalized spacial score (nSPS) is 13.1. The van der Waals surface area contributed by atoms with E-state index in [-0.39, 0.29) is 95.0 Å². The fraction of sp³-hybridized carbons (Fsp3) is 0.469. The molecule has 0 saturated carbocycles. The molecule has 0 aliphatic rings. The SMILES string of the molecule is C=CC(C/C=C(\C)F)n1nc(C(=O)[N-]Cc2ccccc2)c(C(C)C)c1/C=C/[C@@H](O)C[C@@H](O)CC(=O)O.CC.CC.[Rb+]. The van der Waals surface area contributed by atoms with Crippen LogP contribution in [-0.2, 0) is 11.3 Å². The number of carboxylic acid groups (broad SMARTS) is 1. The summed E-state index contributed by atoms with van der Waals surface area (Å²) in [5.74, 6) is -2.19. The minimum Gasteiger partial charge on any atom is -0.644 e. The fourth-order valence-corrected chi connectivity index (χ4v) is 3.85. The van der Waals surface area contributed by atoms with Crippen LogP contribution in [0.25, 0.3) is 11.4 Å². The molecule has 1 aromatic heterocycles. The minimum absolute atomic E-state index is 0. The predicted octanol–water partition coefficient (Wildman–Crippen LogP) is 4.37. The van der Waals surface area contributed by atoms with Gasteiger partial charge in [0.15, 0.2) is 0 Å². The standard InChI is InChI=1S/C28H36FN3O5.2C2H6.Rb/c1-5-21(12-11-19(4)29)32-24(14-13-22(33)15-23(34)16-25(35)36)26(18(2)3)27(31-32)28(37)30-17-20-9-7-6-8-10-20;2*1-2;/h5-11,13-14,18,21-23,33-34H,1,12,15-17H2,2-4H3,(H2,30,35,36,37);2*1-2H3;/q;;;+1/p-1/b14-13+,19-11+;;;/t21?,22-,23-;;;/m1.../s1. The summed E-state index contributed by atoms with van der Waals surface area (Å²) in [7, 11) is 0. The van der Waals surface area contributed by atoms with Crippen molar-refractivity contribution in [2.75, 3.05) is 0 Å². The van der Waals surface area contributed by atoms with Crippen molar-refractivity contribution in [2.24, 2.45) is 0 Å². The summed E-state index contributed by atoms with van der Waals surface area (Å²) in [6.07, 6.45) is 3.18. The number of rotatable bonds is 14. The maximum absolute atomic E-state index is 13.5. The molecule has 10 heteroatoms. The number of halogens is 1. The molecule has 1 heterocycles. The summed E-state index contributed by atoms with van der Waals surface area (Å²) in [5.41, 5.74) is 2.13. The fourth-order valence-electron chi connectivity index (χ4n) is 3.85. The molecule has 3 atom stereocenters. The van der Waals surface area contributed by atoms with E-state index in [1.807, 2.05) is 71.9 Å². The van der Waals surface area contributed by atoms with Gasteiger partial charge in [0, 0.05) is 12.0 Å². The molecule has 1 unspecified atom stereocenters. The largest absolute Gasteiger partial charge is 1.00 e. The molecule has 0 aliphatic heterocycles. The number of aliphatic hydroxyl groups excluding tert-OH is 2. The predicted molar refractivity (Wildman–Crippen MR) is 163 cm³/mol. The number of aromatic nitrogens is 2. The van der Waals surface area contributed by atoms with Crippen LogP contribution in [-0.4, -0.2) is 49.2 Å². The number of nitrogens with zero attached hydrogens (tertiary/aromatic N) is 3. The van der Waals surface area contributed by atoms with Crippen LogP contribution in [0.1, 0.15) is 107 Å². The van der Waals surface area contributed by atoms with Gasteiger partial charge in [0.25, 0.3) is 0 Å². The second-order valence-electron chi connectivity index (χ2n) is 9.10. The van der Waals surface area contributed by atoms with Crippen LogP contribution in [0.15, 0.2) is 61.0 Å². The first-order valence-electron chi connectivity index (χ1n) is 14.1. The van der Waals surface area contributed by atoms with Gasteiger partial charge in [0.05, 0.1) is 36.2 Å². The van der Waals surface area contributed by atoms with E-state index < -0.39 is 36.5 Å². The zero-order chi connectivity index (χ0) is 31.5. The Balaban J connectivity index is 0. The van der Waals surface area contributed by atoms with Crippen molar-refractivity contribution in [1.29, 1.82) is 0 Å². The van der Waals surface area contributed by atoms with Crippen molar-refractivity contribution in [3.8, 4) is 0 Å². The van der Waals surface area contributed by atoms with Crippen LogP contribution in [0.5, 0.6) is 0 Å². The van der Waals surface area contributed by atoms with Crippen molar-refractivity contribution >= 4 is 18.0 Å². The Morgan fingerprint density at radius 3 is 2.21 bits per heavy atom. The maximum atomic E-state index is 13.5. The van der Waals surface area contributed by atoms with Crippen molar-refractivity contribution < 1.29 is 87.5 Å². The molecule has 0 radical (unpaired) electrons. The van der Waals surface area contributed by atoms with Crippen molar-refractivity contribution in [3.63, 3.8) is 0 Å². The number of allylic oxidation sites excluding steroid dienone is 3. The third-order valence-electron chi connectivity index (χ3n) is 5.64. The van der Waals surface area contributed by atoms with Gasteiger partial charge in [0.2, 0.25) is 0 Å². The van der Waals surface area contributed by atoms with E-state index in [1.54, 1.807) is 16.8 Å². The number of hydrogen-bond acceptors (Lipinski definition) is 5. The number of carbonyl (C=O) groups is 2. The van der Waals surface area contributed by atoms with Crippen molar-refractivity contribution in [2.45, 2.75) is 98.4 Å². The van der Waals surface area contributed by atoms with Crippen LogP contribution in [0.3, 0.4) is 0 Å². The first-order valence-corrected chi connectivity index (χ1v) is 14.1. The Bertz CT molecular complexity index is 1130. The summed E-state index contributed by atoms with van der Waals surface area (Å²) >= 11 is 0. The summed E-state index contributed by atoms with van der Waals surface area (Å²) in [6, 6.07) is 8.84. The van der Waals surface area contributed by atoms with E-state index in [4.69, 9.17) is 5.11 Å². The van der Waals surface area contributed by atoms with E-state index in [0.29, 0.717) is 11.3 Å². The number of benzene rings is 1. The first kappa shape index (κ1) is 42.4. The van der Waals surface area contributed by atoms with Crippen LogP contribution in [0.4, 0.5) is 4.39 Å². The van der Waals surface area contributed by atoms with Crippen LogP contribution < -0.4 is 58.2 Å². The van der Waals surface area contributed by atoms with Crippen molar-refractivity contribution in [3.05, 3.63) is 88.8 Å².